The van der Waals surface area contributed by atoms with Crippen molar-refractivity contribution in [3.8, 4) is 0 Å². The van der Waals surface area contributed by atoms with Crippen LogP contribution in [0.3, 0.4) is 0 Å². The lowest BCUT2D eigenvalue weighted by molar-refractivity contribution is 0.0950. The van der Waals surface area contributed by atoms with Crippen molar-refractivity contribution in [1.29, 1.82) is 0 Å². The van der Waals surface area contributed by atoms with Gasteiger partial charge in [-0.1, -0.05) is 11.6 Å². The Balaban J connectivity index is 2.03. The summed E-state index contributed by atoms with van der Waals surface area (Å²) < 4.78 is 0.721. The summed E-state index contributed by atoms with van der Waals surface area (Å²) in [7, 11) is 0. The second-order valence-corrected chi connectivity index (χ2v) is 5.86. The number of hydrogen-bond acceptors (Lipinski definition) is 4. The van der Waals surface area contributed by atoms with E-state index in [1.165, 1.54) is 11.3 Å². The summed E-state index contributed by atoms with van der Waals surface area (Å²) in [5, 5.41) is 2.87. The molecule has 1 aromatic heterocycles. The minimum Gasteiger partial charge on any atom is -0.347 e. The van der Waals surface area contributed by atoms with E-state index in [2.05, 4.69) is 10.7 Å². The number of carbonyl (C=O) groups is 1. The number of carbonyl (C=O) groups excluding carboxylic acids is 1. The fraction of sp³-hybridized carbons (Fsp3) is 0.154. The Morgan fingerprint density at radius 2 is 2.16 bits per heavy atom. The Labute approximate surface area is 120 Å². The molecular weight excluding hydrogens is 282 g/mol. The Morgan fingerprint density at radius 1 is 1.37 bits per heavy atom. The number of halogens is 1. The van der Waals surface area contributed by atoms with Gasteiger partial charge >= 0.3 is 0 Å². The molecule has 100 valence electrons. The molecule has 4 nitrogen and oxygen atoms in total. The first-order chi connectivity index (χ1) is 9.10. The number of anilines is 1. The molecule has 19 heavy (non-hydrogen) atoms. The van der Waals surface area contributed by atoms with Gasteiger partial charge in [0.25, 0.3) is 5.91 Å². The lowest BCUT2D eigenvalue weighted by Gasteiger charge is -2.08. The van der Waals surface area contributed by atoms with Crippen LogP contribution in [0.2, 0.25) is 4.34 Å². The fourth-order valence-electron chi connectivity index (χ4n) is 1.72. The van der Waals surface area contributed by atoms with Gasteiger partial charge in [0.15, 0.2) is 0 Å². The maximum absolute atomic E-state index is 12.1. The number of hydrogen-bond donors (Lipinski definition) is 3. The van der Waals surface area contributed by atoms with E-state index in [-0.39, 0.29) is 5.91 Å². The van der Waals surface area contributed by atoms with Crippen LogP contribution in [0.4, 0.5) is 5.69 Å². The van der Waals surface area contributed by atoms with Gasteiger partial charge in [0.05, 0.1) is 10.9 Å². The monoisotopic (exact) mass is 295 g/mol. The lowest BCUT2D eigenvalue weighted by Crippen LogP contribution is -2.23. The molecule has 0 fully saturated rings. The van der Waals surface area contributed by atoms with E-state index in [0.29, 0.717) is 12.1 Å². The van der Waals surface area contributed by atoms with Gasteiger partial charge in [-0.25, -0.2) is 0 Å². The van der Waals surface area contributed by atoms with E-state index in [1.54, 1.807) is 12.1 Å². The highest BCUT2D eigenvalue weighted by Crippen LogP contribution is 2.21. The summed E-state index contributed by atoms with van der Waals surface area (Å²) in [6, 6.07) is 9.07. The van der Waals surface area contributed by atoms with E-state index in [1.807, 2.05) is 25.1 Å². The number of nitrogens with one attached hydrogen (secondary N) is 2. The Bertz CT molecular complexity index is 597. The number of rotatable bonds is 4. The van der Waals surface area contributed by atoms with Gasteiger partial charge in [0, 0.05) is 16.1 Å². The molecule has 0 aliphatic rings. The minimum absolute atomic E-state index is 0.106. The minimum atomic E-state index is -0.106. The highest BCUT2D eigenvalue weighted by atomic mass is 35.5. The van der Waals surface area contributed by atoms with Crippen molar-refractivity contribution in [3.05, 3.63) is 50.7 Å². The Kier molecular flexibility index (Phi) is 4.42. The smallest absolute Gasteiger partial charge is 0.251 e. The van der Waals surface area contributed by atoms with Gasteiger partial charge in [0.2, 0.25) is 0 Å². The van der Waals surface area contributed by atoms with Crippen molar-refractivity contribution < 1.29 is 4.79 Å². The van der Waals surface area contributed by atoms with Crippen molar-refractivity contribution in [3.63, 3.8) is 0 Å². The van der Waals surface area contributed by atoms with Crippen molar-refractivity contribution in [2.75, 3.05) is 5.43 Å². The average Bonchev–Trinajstić information content (AvgIpc) is 2.81. The molecule has 1 amide bonds. The summed E-state index contributed by atoms with van der Waals surface area (Å²) in [6.45, 7) is 2.35. The maximum Gasteiger partial charge on any atom is 0.251 e. The normalized spacial score (nSPS) is 10.3. The molecule has 0 atom stereocenters. The summed E-state index contributed by atoms with van der Waals surface area (Å²) in [5.41, 5.74) is 4.84. The molecule has 0 saturated heterocycles. The van der Waals surface area contributed by atoms with Crippen LogP contribution in [-0.4, -0.2) is 5.91 Å². The molecule has 0 bridgehead atoms. The number of amides is 1. The van der Waals surface area contributed by atoms with Gasteiger partial charge in [-0.05, 0) is 42.8 Å². The van der Waals surface area contributed by atoms with Crippen LogP contribution in [-0.2, 0) is 6.54 Å². The summed E-state index contributed by atoms with van der Waals surface area (Å²) >= 11 is 7.30. The van der Waals surface area contributed by atoms with Gasteiger partial charge in [-0.3, -0.25) is 10.6 Å². The van der Waals surface area contributed by atoms with Gasteiger partial charge < -0.3 is 10.7 Å². The van der Waals surface area contributed by atoms with Crippen molar-refractivity contribution in [2.24, 2.45) is 5.84 Å². The first kappa shape index (κ1) is 13.9. The number of benzene rings is 1. The zero-order valence-electron chi connectivity index (χ0n) is 10.4. The molecule has 1 heterocycles. The summed E-state index contributed by atoms with van der Waals surface area (Å²) in [4.78, 5) is 13.1. The number of thiophene rings is 1. The van der Waals surface area contributed by atoms with Crippen LogP contribution in [0.1, 0.15) is 20.8 Å². The predicted molar refractivity (Wildman–Crippen MR) is 79.5 cm³/mol. The fourth-order valence-corrected chi connectivity index (χ4v) is 2.74. The van der Waals surface area contributed by atoms with Crippen LogP contribution < -0.4 is 16.6 Å². The lowest BCUT2D eigenvalue weighted by atomic mass is 10.1. The number of aryl methyl sites for hydroxylation is 1. The SMILES string of the molecule is Cc1cc(NN)ccc1C(=O)NCc1ccc(Cl)s1. The highest BCUT2D eigenvalue weighted by molar-refractivity contribution is 7.16. The molecule has 0 spiro atoms. The molecule has 6 heteroatoms. The second-order valence-electron chi connectivity index (χ2n) is 4.06. The number of hydrazine groups is 1. The van der Waals surface area contributed by atoms with E-state index < -0.39 is 0 Å². The van der Waals surface area contributed by atoms with E-state index >= 15 is 0 Å². The molecule has 4 N–H and O–H groups in total. The standard InChI is InChI=1S/C13H14ClN3OS/c1-8-6-9(17-15)2-4-11(8)13(18)16-7-10-3-5-12(14)19-10/h2-6,17H,7,15H2,1H3,(H,16,18). The van der Waals surface area contributed by atoms with Crippen LogP contribution in [0.15, 0.2) is 30.3 Å². The van der Waals surface area contributed by atoms with Crippen molar-refractivity contribution >= 4 is 34.5 Å². The molecule has 0 unspecified atom stereocenters. The maximum atomic E-state index is 12.1. The second kappa shape index (κ2) is 6.06. The molecule has 2 rings (SSSR count). The Hall–Kier alpha value is -1.56. The van der Waals surface area contributed by atoms with E-state index in [4.69, 9.17) is 17.4 Å². The first-order valence-electron chi connectivity index (χ1n) is 5.70. The third-order valence-corrected chi connectivity index (χ3v) is 3.92. The largest absolute Gasteiger partial charge is 0.347 e. The van der Waals surface area contributed by atoms with Crippen molar-refractivity contribution in [2.45, 2.75) is 13.5 Å². The molecule has 0 saturated carbocycles. The summed E-state index contributed by atoms with van der Waals surface area (Å²) in [6.07, 6.45) is 0. The van der Waals surface area contributed by atoms with Crippen molar-refractivity contribution in [1.82, 2.24) is 5.32 Å². The van der Waals surface area contributed by atoms with E-state index in [0.717, 1.165) is 20.5 Å². The van der Waals surface area contributed by atoms with Crippen LogP contribution in [0, 0.1) is 6.92 Å². The topological polar surface area (TPSA) is 67.1 Å². The molecule has 0 radical (unpaired) electrons. The predicted octanol–water partition coefficient (Wildman–Crippen LogP) is 2.93. The molecule has 0 aliphatic carbocycles. The van der Waals surface area contributed by atoms with Gasteiger partial charge in [0.1, 0.15) is 0 Å². The average molecular weight is 296 g/mol. The van der Waals surface area contributed by atoms with Crippen LogP contribution in [0.5, 0.6) is 0 Å². The molecule has 1 aromatic carbocycles. The molecule has 0 aliphatic heterocycles. The molecular formula is C13H14ClN3OS. The number of nitrogens with two attached hydrogens (primary N) is 1. The van der Waals surface area contributed by atoms with Gasteiger partial charge in [-0.2, -0.15) is 0 Å². The third kappa shape index (κ3) is 3.47. The zero-order valence-corrected chi connectivity index (χ0v) is 11.9. The van der Waals surface area contributed by atoms with Crippen LogP contribution >= 0.6 is 22.9 Å². The Morgan fingerprint density at radius 3 is 2.74 bits per heavy atom. The third-order valence-electron chi connectivity index (χ3n) is 2.69. The highest BCUT2D eigenvalue weighted by Gasteiger charge is 2.09. The summed E-state index contributed by atoms with van der Waals surface area (Å²) in [5.74, 6) is 5.21. The van der Waals surface area contributed by atoms with Crippen LogP contribution in [0.25, 0.3) is 0 Å². The zero-order chi connectivity index (χ0) is 13.8. The first-order valence-corrected chi connectivity index (χ1v) is 6.89. The van der Waals surface area contributed by atoms with E-state index in [9.17, 15) is 4.79 Å². The number of nitrogen functional groups attached to an aromatic ring is 1. The van der Waals surface area contributed by atoms with Gasteiger partial charge in [-0.15, -0.1) is 11.3 Å². The molecule has 2 aromatic rings. The quantitative estimate of drug-likeness (QED) is 0.600.